The number of nitrogens with one attached hydrogen (secondary N) is 1. The van der Waals surface area contributed by atoms with Crippen LogP contribution in [-0.4, -0.2) is 78.6 Å². The number of amides is 4. The summed E-state index contributed by atoms with van der Waals surface area (Å²) in [6.07, 6.45) is 4.52. The van der Waals surface area contributed by atoms with Crippen molar-refractivity contribution in [1.82, 2.24) is 19.4 Å². The summed E-state index contributed by atoms with van der Waals surface area (Å²) in [4.78, 5) is 40.7. The Bertz CT molecular complexity index is 944. The second-order valence-corrected chi connectivity index (χ2v) is 10.5. The van der Waals surface area contributed by atoms with Gasteiger partial charge in [-0.15, -0.1) is 0 Å². The Hall–Kier alpha value is -2.46. The van der Waals surface area contributed by atoms with Crippen molar-refractivity contribution >= 4 is 27.9 Å². The summed E-state index contributed by atoms with van der Waals surface area (Å²) in [6.45, 7) is 4.23. The Balaban J connectivity index is 1.55. The van der Waals surface area contributed by atoms with Gasteiger partial charge in [0.2, 0.25) is 15.9 Å². The molecule has 1 aromatic carbocycles. The van der Waals surface area contributed by atoms with Gasteiger partial charge in [-0.05, 0) is 25.5 Å². The number of carbonyl (C=O) groups is 3. The number of carbonyl (C=O) groups excluding carboxylic acids is 3. The van der Waals surface area contributed by atoms with Gasteiger partial charge in [0.15, 0.2) is 0 Å². The maximum absolute atomic E-state index is 12.8. The lowest BCUT2D eigenvalue weighted by atomic mass is 9.94. The van der Waals surface area contributed by atoms with E-state index < -0.39 is 21.6 Å². The summed E-state index contributed by atoms with van der Waals surface area (Å²) >= 11 is 0. The standard InChI is InChI=1S/C22H32N4O5S/c1-3-4-5-9-12-22(2)20(28)26(21(29)23-22)17-19(27)24-13-15-25(16-14-24)32(30,31)18-10-7-6-8-11-18/h6-8,10-11H,3-5,9,12-17H2,1-2H3,(H,23,29). The monoisotopic (exact) mass is 464 g/mol. The highest BCUT2D eigenvalue weighted by molar-refractivity contribution is 7.89. The van der Waals surface area contributed by atoms with Crippen LogP contribution >= 0.6 is 0 Å². The molecule has 32 heavy (non-hydrogen) atoms. The second kappa shape index (κ2) is 9.99. The van der Waals surface area contributed by atoms with E-state index >= 15 is 0 Å². The molecule has 0 spiro atoms. The molecule has 2 saturated heterocycles. The Kier molecular flexibility index (Phi) is 7.55. The van der Waals surface area contributed by atoms with Crippen molar-refractivity contribution in [2.45, 2.75) is 56.4 Å². The third kappa shape index (κ3) is 5.12. The number of urea groups is 1. The van der Waals surface area contributed by atoms with E-state index in [1.54, 1.807) is 37.3 Å². The van der Waals surface area contributed by atoms with E-state index in [2.05, 4.69) is 12.2 Å². The number of sulfonamides is 1. The van der Waals surface area contributed by atoms with Gasteiger partial charge in [-0.1, -0.05) is 50.8 Å². The molecule has 0 saturated carbocycles. The molecule has 0 radical (unpaired) electrons. The predicted octanol–water partition coefficient (Wildman–Crippen LogP) is 1.80. The van der Waals surface area contributed by atoms with Gasteiger partial charge in [-0.2, -0.15) is 4.31 Å². The fourth-order valence-electron chi connectivity index (χ4n) is 4.12. The molecule has 2 fully saturated rings. The van der Waals surface area contributed by atoms with Gasteiger partial charge < -0.3 is 10.2 Å². The van der Waals surface area contributed by atoms with Crippen molar-refractivity contribution in [2.24, 2.45) is 0 Å². The van der Waals surface area contributed by atoms with Crippen LogP contribution in [0.3, 0.4) is 0 Å². The first-order valence-electron chi connectivity index (χ1n) is 11.2. The smallest absolute Gasteiger partial charge is 0.325 e. The number of imide groups is 1. The van der Waals surface area contributed by atoms with Crippen molar-refractivity contribution in [3.8, 4) is 0 Å². The number of piperazine rings is 1. The van der Waals surface area contributed by atoms with Crippen LogP contribution in [0.15, 0.2) is 35.2 Å². The minimum Gasteiger partial charge on any atom is -0.338 e. The lowest BCUT2D eigenvalue weighted by molar-refractivity contribution is -0.139. The Morgan fingerprint density at radius 1 is 1.03 bits per heavy atom. The summed E-state index contributed by atoms with van der Waals surface area (Å²) in [7, 11) is -3.61. The molecule has 9 nitrogen and oxygen atoms in total. The van der Waals surface area contributed by atoms with Gasteiger partial charge in [0.1, 0.15) is 12.1 Å². The quantitative estimate of drug-likeness (QED) is 0.443. The fourth-order valence-corrected chi connectivity index (χ4v) is 5.56. The number of hydrogen-bond donors (Lipinski definition) is 1. The highest BCUT2D eigenvalue weighted by Crippen LogP contribution is 2.24. The molecule has 0 bridgehead atoms. The molecule has 1 unspecified atom stereocenters. The van der Waals surface area contributed by atoms with E-state index in [-0.39, 0.29) is 49.4 Å². The molecule has 2 heterocycles. The molecule has 1 atom stereocenters. The zero-order valence-electron chi connectivity index (χ0n) is 18.7. The largest absolute Gasteiger partial charge is 0.338 e. The van der Waals surface area contributed by atoms with Crippen molar-refractivity contribution in [2.75, 3.05) is 32.7 Å². The van der Waals surface area contributed by atoms with Gasteiger partial charge in [0, 0.05) is 26.2 Å². The Morgan fingerprint density at radius 2 is 1.69 bits per heavy atom. The number of unbranched alkanes of at least 4 members (excludes halogenated alkanes) is 3. The van der Waals surface area contributed by atoms with E-state index in [1.807, 2.05) is 0 Å². The summed E-state index contributed by atoms with van der Waals surface area (Å²) in [5.74, 6) is -0.738. The van der Waals surface area contributed by atoms with Crippen molar-refractivity contribution in [3.05, 3.63) is 30.3 Å². The van der Waals surface area contributed by atoms with Crippen LogP contribution in [0.4, 0.5) is 4.79 Å². The summed E-state index contributed by atoms with van der Waals surface area (Å²) in [5, 5.41) is 2.74. The van der Waals surface area contributed by atoms with Gasteiger partial charge in [-0.3, -0.25) is 14.5 Å². The van der Waals surface area contributed by atoms with Crippen LogP contribution < -0.4 is 5.32 Å². The first kappa shape index (κ1) is 24.2. The second-order valence-electron chi connectivity index (χ2n) is 8.56. The predicted molar refractivity (Wildman–Crippen MR) is 119 cm³/mol. The minimum absolute atomic E-state index is 0.165. The normalized spacial score (nSPS) is 22.3. The average molecular weight is 465 g/mol. The Labute approximate surface area is 189 Å². The molecule has 176 valence electrons. The third-order valence-electron chi connectivity index (χ3n) is 6.14. The molecule has 0 aliphatic carbocycles. The molecule has 2 aliphatic heterocycles. The molecule has 10 heteroatoms. The maximum atomic E-state index is 12.8. The highest BCUT2D eigenvalue weighted by Gasteiger charge is 2.48. The third-order valence-corrected chi connectivity index (χ3v) is 8.05. The van der Waals surface area contributed by atoms with Crippen LogP contribution in [-0.2, 0) is 19.6 Å². The molecule has 4 amide bonds. The lowest BCUT2D eigenvalue weighted by Crippen LogP contribution is -2.53. The zero-order chi connectivity index (χ0) is 23.4. The number of hydrogen-bond acceptors (Lipinski definition) is 5. The van der Waals surface area contributed by atoms with E-state index in [1.165, 1.54) is 9.21 Å². The van der Waals surface area contributed by atoms with E-state index in [0.717, 1.165) is 30.6 Å². The van der Waals surface area contributed by atoms with E-state index in [9.17, 15) is 22.8 Å². The lowest BCUT2D eigenvalue weighted by Gasteiger charge is -2.34. The minimum atomic E-state index is -3.61. The van der Waals surface area contributed by atoms with Gasteiger partial charge >= 0.3 is 6.03 Å². The van der Waals surface area contributed by atoms with Gasteiger partial charge in [-0.25, -0.2) is 13.2 Å². The number of benzene rings is 1. The SMILES string of the molecule is CCCCCCC1(C)NC(=O)N(CC(=O)N2CCN(S(=O)(=O)c3ccccc3)CC2)C1=O. The van der Waals surface area contributed by atoms with E-state index in [0.29, 0.717) is 6.42 Å². The highest BCUT2D eigenvalue weighted by atomic mass is 32.2. The van der Waals surface area contributed by atoms with Gasteiger partial charge in [0.25, 0.3) is 5.91 Å². The molecule has 2 aliphatic rings. The van der Waals surface area contributed by atoms with Crippen LogP contribution in [0.1, 0.15) is 46.0 Å². The Morgan fingerprint density at radius 3 is 2.31 bits per heavy atom. The molecular formula is C22H32N4O5S. The van der Waals surface area contributed by atoms with Crippen molar-refractivity contribution in [3.63, 3.8) is 0 Å². The van der Waals surface area contributed by atoms with Gasteiger partial charge in [0.05, 0.1) is 4.90 Å². The summed E-state index contributed by atoms with van der Waals surface area (Å²) in [6, 6.07) is 7.63. The van der Waals surface area contributed by atoms with Crippen molar-refractivity contribution < 1.29 is 22.8 Å². The van der Waals surface area contributed by atoms with Crippen LogP contribution in [0, 0.1) is 0 Å². The summed E-state index contributed by atoms with van der Waals surface area (Å²) < 4.78 is 26.8. The first-order valence-corrected chi connectivity index (χ1v) is 12.6. The molecule has 1 aromatic rings. The molecule has 0 aromatic heterocycles. The number of nitrogens with zero attached hydrogens (tertiary/aromatic N) is 3. The van der Waals surface area contributed by atoms with Crippen LogP contribution in [0.25, 0.3) is 0 Å². The maximum Gasteiger partial charge on any atom is 0.325 e. The van der Waals surface area contributed by atoms with E-state index in [4.69, 9.17) is 0 Å². The number of rotatable bonds is 9. The molecular weight excluding hydrogens is 432 g/mol. The zero-order valence-corrected chi connectivity index (χ0v) is 19.6. The fraction of sp³-hybridized carbons (Fsp3) is 0.591. The summed E-state index contributed by atoms with van der Waals surface area (Å²) in [5.41, 5.74) is -0.979. The topological polar surface area (TPSA) is 107 Å². The molecule has 1 N–H and O–H groups in total. The van der Waals surface area contributed by atoms with Crippen LogP contribution in [0.5, 0.6) is 0 Å². The molecule has 3 rings (SSSR count). The van der Waals surface area contributed by atoms with Crippen LogP contribution in [0.2, 0.25) is 0 Å². The first-order chi connectivity index (χ1) is 15.2. The van der Waals surface area contributed by atoms with Crippen molar-refractivity contribution in [1.29, 1.82) is 0 Å². The average Bonchev–Trinajstić information content (AvgIpc) is 3.00.